The summed E-state index contributed by atoms with van der Waals surface area (Å²) >= 11 is 1.30. The number of hydrogen-bond donors (Lipinski definition) is 1. The van der Waals surface area contributed by atoms with Crippen LogP contribution in [0.25, 0.3) is 0 Å². The molecule has 1 atom stereocenters. The lowest BCUT2D eigenvalue weighted by molar-refractivity contribution is -0.150. The molecule has 0 aliphatic rings. The number of nitrogens with one attached hydrogen (secondary N) is 1. The van der Waals surface area contributed by atoms with Gasteiger partial charge in [0.15, 0.2) is 12.4 Å². The van der Waals surface area contributed by atoms with Crippen LogP contribution in [0.2, 0.25) is 0 Å². The third-order valence-electron chi connectivity index (χ3n) is 3.82. The third-order valence-corrected chi connectivity index (χ3v) is 4.73. The largest absolute Gasteiger partial charge is 0.467 e. The van der Waals surface area contributed by atoms with E-state index in [1.807, 2.05) is 30.3 Å². The summed E-state index contributed by atoms with van der Waals surface area (Å²) in [5, 5.41) is 4.28. The molecule has 0 saturated carbocycles. The second kappa shape index (κ2) is 11.0. The average molecular weight is 403 g/mol. The number of thiophene rings is 1. The first kappa shape index (κ1) is 21.3. The van der Waals surface area contributed by atoms with E-state index in [2.05, 4.69) is 5.32 Å². The van der Waals surface area contributed by atoms with Gasteiger partial charge < -0.3 is 14.8 Å². The van der Waals surface area contributed by atoms with Gasteiger partial charge in [-0.3, -0.25) is 14.4 Å². The van der Waals surface area contributed by atoms with E-state index in [0.29, 0.717) is 4.88 Å². The minimum atomic E-state index is -0.890. The minimum absolute atomic E-state index is 0.0136. The summed E-state index contributed by atoms with van der Waals surface area (Å²) in [5.74, 6) is -2.02. The summed E-state index contributed by atoms with van der Waals surface area (Å²) in [7, 11) is 1.23. The van der Waals surface area contributed by atoms with Crippen molar-refractivity contribution in [2.45, 2.75) is 25.3 Å². The van der Waals surface area contributed by atoms with E-state index >= 15 is 0 Å². The third kappa shape index (κ3) is 6.96. The van der Waals surface area contributed by atoms with E-state index in [9.17, 15) is 19.2 Å². The molecule has 1 N–H and O–H groups in total. The Kier molecular flexibility index (Phi) is 8.36. The standard InChI is InChI=1S/C20H21NO6S/c1-26-20(25)15(12-14-6-3-2-4-7-14)21-18(23)13-27-19(24)10-9-16(22)17-8-5-11-28-17/h2-8,11,15H,9-10,12-13H2,1H3,(H,21,23)/t15-/m0/s1. The SMILES string of the molecule is COC(=O)[C@H](Cc1ccccc1)NC(=O)COC(=O)CCC(=O)c1cccs1. The summed E-state index contributed by atoms with van der Waals surface area (Å²) in [6.45, 7) is -0.533. The fraction of sp³-hybridized carbons (Fsp3) is 0.300. The second-order valence-corrected chi connectivity index (χ2v) is 6.84. The van der Waals surface area contributed by atoms with Crippen LogP contribution in [0.15, 0.2) is 47.8 Å². The zero-order valence-corrected chi connectivity index (χ0v) is 16.2. The van der Waals surface area contributed by atoms with Crippen molar-refractivity contribution in [2.24, 2.45) is 0 Å². The van der Waals surface area contributed by atoms with Crippen molar-refractivity contribution in [2.75, 3.05) is 13.7 Å². The van der Waals surface area contributed by atoms with Crippen molar-refractivity contribution < 1.29 is 28.7 Å². The van der Waals surface area contributed by atoms with Gasteiger partial charge in [-0.25, -0.2) is 4.79 Å². The van der Waals surface area contributed by atoms with Crippen molar-refractivity contribution in [1.29, 1.82) is 0 Å². The zero-order chi connectivity index (χ0) is 20.4. The van der Waals surface area contributed by atoms with Crippen molar-refractivity contribution in [1.82, 2.24) is 5.32 Å². The van der Waals surface area contributed by atoms with E-state index in [1.54, 1.807) is 17.5 Å². The number of ether oxygens (including phenoxy) is 2. The molecule has 0 spiro atoms. The highest BCUT2D eigenvalue weighted by Gasteiger charge is 2.22. The molecule has 7 nitrogen and oxygen atoms in total. The van der Waals surface area contributed by atoms with Gasteiger partial charge in [-0.2, -0.15) is 0 Å². The number of carbonyl (C=O) groups excluding carboxylic acids is 4. The van der Waals surface area contributed by atoms with E-state index < -0.39 is 30.5 Å². The molecule has 1 aromatic heterocycles. The van der Waals surface area contributed by atoms with Crippen LogP contribution >= 0.6 is 11.3 Å². The molecule has 2 rings (SSSR count). The van der Waals surface area contributed by atoms with Gasteiger partial charge in [-0.05, 0) is 17.0 Å². The minimum Gasteiger partial charge on any atom is -0.467 e. The Balaban J connectivity index is 1.77. The van der Waals surface area contributed by atoms with Gasteiger partial charge in [0.2, 0.25) is 0 Å². The van der Waals surface area contributed by atoms with Gasteiger partial charge in [-0.15, -0.1) is 11.3 Å². The smallest absolute Gasteiger partial charge is 0.328 e. The van der Waals surface area contributed by atoms with Crippen LogP contribution in [0.4, 0.5) is 0 Å². The van der Waals surface area contributed by atoms with Gasteiger partial charge in [0.25, 0.3) is 5.91 Å². The van der Waals surface area contributed by atoms with Crippen LogP contribution < -0.4 is 5.32 Å². The van der Waals surface area contributed by atoms with E-state index in [1.165, 1.54) is 18.4 Å². The molecular formula is C20H21NO6S. The average Bonchev–Trinajstić information content (AvgIpc) is 3.25. The van der Waals surface area contributed by atoms with Gasteiger partial charge >= 0.3 is 11.9 Å². The molecule has 1 heterocycles. The highest BCUT2D eigenvalue weighted by atomic mass is 32.1. The number of benzene rings is 1. The van der Waals surface area contributed by atoms with Gasteiger partial charge in [0.1, 0.15) is 6.04 Å². The Morgan fingerprint density at radius 1 is 1.04 bits per heavy atom. The molecule has 8 heteroatoms. The highest BCUT2D eigenvalue weighted by molar-refractivity contribution is 7.12. The van der Waals surface area contributed by atoms with Crippen LogP contribution in [-0.4, -0.2) is 43.4 Å². The zero-order valence-electron chi connectivity index (χ0n) is 15.4. The molecule has 1 amide bonds. The topological polar surface area (TPSA) is 98.8 Å². The maximum absolute atomic E-state index is 12.0. The van der Waals surface area contributed by atoms with E-state index in [-0.39, 0.29) is 25.0 Å². The van der Waals surface area contributed by atoms with E-state index in [4.69, 9.17) is 9.47 Å². The van der Waals surface area contributed by atoms with Gasteiger partial charge in [0, 0.05) is 12.8 Å². The normalized spacial score (nSPS) is 11.3. The lowest BCUT2D eigenvalue weighted by Gasteiger charge is -2.16. The summed E-state index contributed by atoms with van der Waals surface area (Å²) in [4.78, 5) is 48.1. The van der Waals surface area contributed by atoms with Crippen LogP contribution in [0.5, 0.6) is 0 Å². The number of methoxy groups -OCH3 is 1. The highest BCUT2D eigenvalue weighted by Crippen LogP contribution is 2.12. The lowest BCUT2D eigenvalue weighted by Crippen LogP contribution is -2.44. The lowest BCUT2D eigenvalue weighted by atomic mass is 10.1. The molecule has 0 aliphatic carbocycles. The molecule has 0 unspecified atom stereocenters. The van der Waals surface area contributed by atoms with E-state index in [0.717, 1.165) is 5.56 Å². The number of hydrogen-bond acceptors (Lipinski definition) is 7. The number of Topliss-reactive ketones (excluding diaryl/α,β-unsaturated/α-hetero) is 1. The first-order chi connectivity index (χ1) is 13.5. The van der Waals surface area contributed by atoms with Crippen molar-refractivity contribution in [3.05, 3.63) is 58.3 Å². The Labute approximate surface area is 166 Å². The molecule has 28 heavy (non-hydrogen) atoms. The molecule has 1 aromatic carbocycles. The number of rotatable bonds is 10. The molecule has 2 aromatic rings. The Hall–Kier alpha value is -3.00. The molecule has 0 bridgehead atoms. The number of esters is 2. The monoisotopic (exact) mass is 403 g/mol. The summed E-state index contributed by atoms with van der Waals surface area (Å²) < 4.78 is 9.60. The summed E-state index contributed by atoms with van der Waals surface area (Å²) in [5.41, 5.74) is 0.849. The molecule has 0 saturated heterocycles. The Morgan fingerprint density at radius 2 is 1.79 bits per heavy atom. The fourth-order valence-electron chi connectivity index (χ4n) is 2.42. The molecular weight excluding hydrogens is 382 g/mol. The maximum Gasteiger partial charge on any atom is 0.328 e. The molecule has 148 valence electrons. The Bertz CT molecular complexity index is 803. The first-order valence-corrected chi connectivity index (χ1v) is 9.51. The quantitative estimate of drug-likeness (QED) is 0.482. The maximum atomic E-state index is 12.0. The van der Waals surface area contributed by atoms with Crippen molar-refractivity contribution >= 4 is 35.0 Å². The molecule has 0 aliphatic heterocycles. The predicted octanol–water partition coefficient (Wildman–Crippen LogP) is 2.15. The molecule has 0 fully saturated rings. The van der Waals surface area contributed by atoms with Crippen molar-refractivity contribution in [3.63, 3.8) is 0 Å². The van der Waals surface area contributed by atoms with Gasteiger partial charge in [-0.1, -0.05) is 36.4 Å². The molecule has 0 radical (unpaired) electrons. The van der Waals surface area contributed by atoms with Crippen LogP contribution in [0.1, 0.15) is 28.1 Å². The number of ketones is 1. The van der Waals surface area contributed by atoms with Crippen molar-refractivity contribution in [3.8, 4) is 0 Å². The Morgan fingerprint density at radius 3 is 2.43 bits per heavy atom. The number of amides is 1. The van der Waals surface area contributed by atoms with Crippen LogP contribution in [-0.2, 0) is 30.3 Å². The van der Waals surface area contributed by atoms with Crippen LogP contribution in [0, 0.1) is 0 Å². The summed E-state index contributed by atoms with van der Waals surface area (Å²) in [6.07, 6.45) is 0.150. The number of carbonyl (C=O) groups is 4. The summed E-state index contributed by atoms with van der Waals surface area (Å²) in [6, 6.07) is 11.7. The predicted molar refractivity (Wildman–Crippen MR) is 103 cm³/mol. The van der Waals surface area contributed by atoms with Crippen LogP contribution in [0.3, 0.4) is 0 Å². The first-order valence-electron chi connectivity index (χ1n) is 8.63. The second-order valence-electron chi connectivity index (χ2n) is 5.89. The van der Waals surface area contributed by atoms with Gasteiger partial charge in [0.05, 0.1) is 18.4 Å². The fourth-order valence-corrected chi connectivity index (χ4v) is 3.11.